The van der Waals surface area contributed by atoms with Crippen molar-refractivity contribution < 1.29 is 4.74 Å². The first-order valence-corrected chi connectivity index (χ1v) is 5.98. The number of nitrogens with zero attached hydrogens (tertiary/aromatic N) is 4. The molecule has 2 aromatic rings. The van der Waals surface area contributed by atoms with Crippen LogP contribution in [0.4, 0.5) is 5.82 Å². The highest BCUT2D eigenvalue weighted by Gasteiger charge is 2.41. The second-order valence-corrected chi connectivity index (χ2v) is 4.94. The SMILES string of the molecule is Cc1cnn2cc3c(nc12)N(C)C1CCC1O3. The average molecular weight is 230 g/mol. The van der Waals surface area contributed by atoms with Gasteiger partial charge < -0.3 is 9.64 Å². The molecule has 0 amide bonds. The van der Waals surface area contributed by atoms with E-state index >= 15 is 0 Å². The fourth-order valence-corrected chi connectivity index (χ4v) is 2.69. The van der Waals surface area contributed by atoms with Crippen molar-refractivity contribution in [3.05, 3.63) is 18.0 Å². The Hall–Kier alpha value is -1.78. The monoisotopic (exact) mass is 230 g/mol. The van der Waals surface area contributed by atoms with Crippen LogP contribution in [0.15, 0.2) is 12.4 Å². The molecule has 2 aliphatic rings. The van der Waals surface area contributed by atoms with Gasteiger partial charge in [-0.3, -0.25) is 0 Å². The second-order valence-electron chi connectivity index (χ2n) is 4.94. The minimum Gasteiger partial charge on any atom is -0.483 e. The number of aromatic nitrogens is 3. The number of likely N-dealkylation sites (N-methyl/N-ethyl adjacent to an activating group) is 1. The first kappa shape index (κ1) is 9.27. The maximum atomic E-state index is 5.95. The lowest BCUT2D eigenvalue weighted by atomic mass is 9.86. The Labute approximate surface area is 99.0 Å². The minimum absolute atomic E-state index is 0.336. The van der Waals surface area contributed by atoms with E-state index in [0.29, 0.717) is 12.1 Å². The summed E-state index contributed by atoms with van der Waals surface area (Å²) in [4.78, 5) is 6.93. The number of rotatable bonds is 0. The van der Waals surface area contributed by atoms with E-state index < -0.39 is 0 Å². The molecule has 0 bridgehead atoms. The van der Waals surface area contributed by atoms with Crippen molar-refractivity contribution in [2.45, 2.75) is 31.9 Å². The van der Waals surface area contributed by atoms with Crippen molar-refractivity contribution in [2.24, 2.45) is 0 Å². The van der Waals surface area contributed by atoms with Crippen LogP contribution in [-0.2, 0) is 0 Å². The molecule has 0 radical (unpaired) electrons. The molecule has 4 rings (SSSR count). The van der Waals surface area contributed by atoms with Gasteiger partial charge in [-0.1, -0.05) is 0 Å². The second kappa shape index (κ2) is 2.91. The Bertz CT molecular complexity index is 606. The molecule has 88 valence electrons. The Morgan fingerprint density at radius 2 is 2.29 bits per heavy atom. The van der Waals surface area contributed by atoms with Crippen molar-refractivity contribution in [1.82, 2.24) is 14.6 Å². The lowest BCUT2D eigenvalue weighted by Crippen LogP contribution is -2.55. The first-order valence-electron chi connectivity index (χ1n) is 5.98. The van der Waals surface area contributed by atoms with Crippen molar-refractivity contribution in [3.63, 3.8) is 0 Å². The summed E-state index contributed by atoms with van der Waals surface area (Å²) in [5, 5.41) is 4.27. The topological polar surface area (TPSA) is 42.7 Å². The van der Waals surface area contributed by atoms with Gasteiger partial charge in [-0.15, -0.1) is 0 Å². The van der Waals surface area contributed by atoms with E-state index in [0.717, 1.165) is 29.2 Å². The van der Waals surface area contributed by atoms with Crippen molar-refractivity contribution in [3.8, 4) is 5.75 Å². The summed E-state index contributed by atoms with van der Waals surface area (Å²) in [6, 6.07) is 0.501. The minimum atomic E-state index is 0.336. The van der Waals surface area contributed by atoms with E-state index in [9.17, 15) is 0 Å². The van der Waals surface area contributed by atoms with Crippen molar-refractivity contribution in [1.29, 1.82) is 0 Å². The quantitative estimate of drug-likeness (QED) is 0.686. The Balaban J connectivity index is 1.95. The van der Waals surface area contributed by atoms with Gasteiger partial charge in [-0.05, 0) is 19.8 Å². The zero-order chi connectivity index (χ0) is 11.6. The highest BCUT2D eigenvalue weighted by Crippen LogP contribution is 2.41. The molecule has 5 heteroatoms. The third kappa shape index (κ3) is 1.09. The molecule has 1 saturated carbocycles. The summed E-state index contributed by atoms with van der Waals surface area (Å²) in [6.07, 6.45) is 6.46. The molecule has 0 saturated heterocycles. The highest BCUT2D eigenvalue weighted by molar-refractivity contribution is 5.61. The molecular formula is C12H14N4O. The average Bonchev–Trinajstić information content (AvgIpc) is 2.63. The largest absolute Gasteiger partial charge is 0.483 e. The molecule has 3 heterocycles. The van der Waals surface area contributed by atoms with Crippen LogP contribution in [0.25, 0.3) is 5.65 Å². The molecule has 2 unspecified atom stereocenters. The summed E-state index contributed by atoms with van der Waals surface area (Å²) in [6.45, 7) is 2.03. The number of aryl methyl sites for hydroxylation is 1. The maximum absolute atomic E-state index is 5.95. The van der Waals surface area contributed by atoms with Gasteiger partial charge in [0.1, 0.15) is 6.10 Å². The lowest BCUT2D eigenvalue weighted by Gasteiger charge is -2.46. The normalized spacial score (nSPS) is 26.1. The zero-order valence-electron chi connectivity index (χ0n) is 9.92. The zero-order valence-corrected chi connectivity index (χ0v) is 9.92. The number of fused-ring (bicyclic) bond motifs is 3. The lowest BCUT2D eigenvalue weighted by molar-refractivity contribution is 0.0758. The molecular weight excluding hydrogens is 216 g/mol. The van der Waals surface area contributed by atoms with Gasteiger partial charge in [0.15, 0.2) is 17.2 Å². The fraction of sp³-hybridized carbons (Fsp3) is 0.500. The molecule has 2 atom stereocenters. The summed E-state index contributed by atoms with van der Waals surface area (Å²) in [5.74, 6) is 1.80. The van der Waals surface area contributed by atoms with Gasteiger partial charge in [0.25, 0.3) is 0 Å². The van der Waals surface area contributed by atoms with Crippen LogP contribution in [-0.4, -0.2) is 33.8 Å². The maximum Gasteiger partial charge on any atom is 0.180 e. The predicted octanol–water partition coefficient (Wildman–Crippen LogP) is 1.40. The van der Waals surface area contributed by atoms with Crippen LogP contribution < -0.4 is 9.64 Å². The molecule has 17 heavy (non-hydrogen) atoms. The van der Waals surface area contributed by atoms with Crippen LogP contribution in [0, 0.1) is 6.92 Å². The molecule has 1 aliphatic carbocycles. The van der Waals surface area contributed by atoms with Crippen LogP contribution in [0.5, 0.6) is 5.75 Å². The molecule has 0 aromatic carbocycles. The third-order valence-corrected chi connectivity index (χ3v) is 3.90. The molecule has 1 aliphatic heterocycles. The summed E-state index contributed by atoms with van der Waals surface area (Å²) in [7, 11) is 2.10. The van der Waals surface area contributed by atoms with Crippen molar-refractivity contribution in [2.75, 3.05) is 11.9 Å². The molecule has 5 nitrogen and oxygen atoms in total. The Kier molecular flexibility index (Phi) is 1.59. The summed E-state index contributed by atoms with van der Waals surface area (Å²) < 4.78 is 7.75. The molecule has 2 aromatic heterocycles. The predicted molar refractivity (Wildman–Crippen MR) is 63.6 cm³/mol. The Morgan fingerprint density at radius 3 is 3.06 bits per heavy atom. The molecule has 0 N–H and O–H groups in total. The van der Waals surface area contributed by atoms with Gasteiger partial charge >= 0.3 is 0 Å². The number of anilines is 1. The highest BCUT2D eigenvalue weighted by atomic mass is 16.5. The van der Waals surface area contributed by atoms with E-state index in [4.69, 9.17) is 4.74 Å². The smallest absolute Gasteiger partial charge is 0.180 e. The first-order chi connectivity index (χ1) is 8.24. The summed E-state index contributed by atoms with van der Waals surface area (Å²) in [5.41, 5.74) is 2.01. The van der Waals surface area contributed by atoms with Crippen LogP contribution in [0.1, 0.15) is 18.4 Å². The van der Waals surface area contributed by atoms with Gasteiger partial charge in [0, 0.05) is 12.6 Å². The van der Waals surface area contributed by atoms with Gasteiger partial charge in [0.2, 0.25) is 0 Å². The number of hydrogen-bond acceptors (Lipinski definition) is 4. The fourth-order valence-electron chi connectivity index (χ4n) is 2.69. The van der Waals surface area contributed by atoms with Crippen LogP contribution >= 0.6 is 0 Å². The van der Waals surface area contributed by atoms with Gasteiger partial charge in [0.05, 0.1) is 18.4 Å². The molecule has 0 spiro atoms. The number of hydrogen-bond donors (Lipinski definition) is 0. The Morgan fingerprint density at radius 1 is 1.41 bits per heavy atom. The van der Waals surface area contributed by atoms with E-state index in [2.05, 4.69) is 22.0 Å². The van der Waals surface area contributed by atoms with Crippen LogP contribution in [0.3, 0.4) is 0 Å². The molecule has 1 fully saturated rings. The number of ether oxygens (including phenoxy) is 1. The van der Waals surface area contributed by atoms with Crippen molar-refractivity contribution >= 4 is 11.5 Å². The van der Waals surface area contributed by atoms with Gasteiger partial charge in [-0.2, -0.15) is 5.10 Å². The van der Waals surface area contributed by atoms with Gasteiger partial charge in [-0.25, -0.2) is 9.50 Å². The van der Waals surface area contributed by atoms with Crippen LogP contribution in [0.2, 0.25) is 0 Å². The standard InChI is InChI=1S/C12H14N4O/c1-7-5-13-16-6-10-12(14-11(7)16)15(2)8-3-4-9(8)17-10/h5-6,8-9H,3-4H2,1-2H3. The van der Waals surface area contributed by atoms with E-state index in [1.165, 1.54) is 6.42 Å². The summed E-state index contributed by atoms with van der Waals surface area (Å²) >= 11 is 0. The third-order valence-electron chi connectivity index (χ3n) is 3.90. The van der Waals surface area contributed by atoms with E-state index in [1.54, 1.807) is 4.52 Å². The van der Waals surface area contributed by atoms with E-state index in [1.807, 2.05) is 19.3 Å². The van der Waals surface area contributed by atoms with E-state index in [-0.39, 0.29) is 0 Å².